The summed E-state index contributed by atoms with van der Waals surface area (Å²) in [6, 6.07) is 16.7. The number of para-hydroxylation sites is 2. The molecule has 0 spiro atoms. The molecule has 4 rings (SSSR count). The average molecular weight is 307 g/mol. The van der Waals surface area contributed by atoms with E-state index >= 15 is 0 Å². The Balaban J connectivity index is 1.70. The van der Waals surface area contributed by atoms with Crippen LogP contribution in [0.15, 0.2) is 54.7 Å². The summed E-state index contributed by atoms with van der Waals surface area (Å²) >= 11 is 1.76. The first-order valence-corrected chi connectivity index (χ1v) is 8.27. The van der Waals surface area contributed by atoms with Crippen molar-refractivity contribution in [3.8, 4) is 0 Å². The molecule has 110 valence electrons. The fourth-order valence-corrected chi connectivity index (χ4v) is 3.98. The van der Waals surface area contributed by atoms with Gasteiger partial charge in [-0.15, -0.1) is 11.3 Å². The zero-order valence-electron chi connectivity index (χ0n) is 12.1. The minimum Gasteiger partial charge on any atom is -0.361 e. The molecule has 3 N–H and O–H groups in total. The zero-order chi connectivity index (χ0) is 14.9. The maximum absolute atomic E-state index is 6.04. The number of nitrogens with one attached hydrogen (secondary N) is 1. The van der Waals surface area contributed by atoms with Gasteiger partial charge in [-0.1, -0.05) is 30.3 Å². The molecule has 0 amide bonds. The van der Waals surface area contributed by atoms with Crippen LogP contribution >= 0.6 is 11.3 Å². The van der Waals surface area contributed by atoms with Crippen LogP contribution in [0.4, 0.5) is 0 Å². The maximum Gasteiger partial charge on any atom is 0.0985 e. The monoisotopic (exact) mass is 307 g/mol. The van der Waals surface area contributed by atoms with Gasteiger partial charge < -0.3 is 10.7 Å². The van der Waals surface area contributed by atoms with E-state index in [1.54, 1.807) is 11.3 Å². The Labute approximate surface area is 132 Å². The number of thiazole rings is 1. The van der Waals surface area contributed by atoms with Gasteiger partial charge in [-0.3, -0.25) is 0 Å². The quantitative estimate of drug-likeness (QED) is 0.597. The van der Waals surface area contributed by atoms with Crippen molar-refractivity contribution in [2.45, 2.75) is 12.3 Å². The molecular formula is C18H17N3S. The zero-order valence-corrected chi connectivity index (χ0v) is 12.9. The lowest BCUT2D eigenvalue weighted by Gasteiger charge is -2.11. The van der Waals surface area contributed by atoms with Crippen LogP contribution in [0, 0.1) is 0 Å². The highest BCUT2D eigenvalue weighted by molar-refractivity contribution is 7.18. The van der Waals surface area contributed by atoms with Crippen LogP contribution in [0.3, 0.4) is 0 Å². The summed E-state index contributed by atoms with van der Waals surface area (Å²) in [5, 5.41) is 2.41. The second-order valence-electron chi connectivity index (χ2n) is 5.52. The summed E-state index contributed by atoms with van der Waals surface area (Å²) in [6.45, 7) is 0.610. The molecule has 0 saturated carbocycles. The fourth-order valence-electron chi connectivity index (χ4n) is 2.90. The minimum atomic E-state index is 0.261. The van der Waals surface area contributed by atoms with Crippen molar-refractivity contribution in [3.63, 3.8) is 0 Å². The number of aromatic amines is 1. The lowest BCUT2D eigenvalue weighted by Crippen LogP contribution is -2.14. The number of aromatic nitrogens is 2. The lowest BCUT2D eigenvalue weighted by atomic mass is 9.99. The molecule has 0 fully saturated rings. The number of H-pyrrole nitrogens is 1. The topological polar surface area (TPSA) is 54.7 Å². The molecular weight excluding hydrogens is 290 g/mol. The molecule has 0 saturated heterocycles. The molecule has 0 aliphatic heterocycles. The Morgan fingerprint density at radius 2 is 1.91 bits per heavy atom. The standard InChI is InChI=1S/C18H17N3S/c19-10-12(18-21-16-7-3-4-8-17(16)22-18)9-13-11-20-15-6-2-1-5-14(13)15/h1-8,11-12,20H,9-10,19H2. The van der Waals surface area contributed by atoms with Gasteiger partial charge in [0.2, 0.25) is 0 Å². The predicted molar refractivity (Wildman–Crippen MR) is 93.4 cm³/mol. The van der Waals surface area contributed by atoms with Crippen LogP contribution in [0.5, 0.6) is 0 Å². The van der Waals surface area contributed by atoms with Gasteiger partial charge in [-0.2, -0.15) is 0 Å². The van der Waals surface area contributed by atoms with E-state index in [1.807, 2.05) is 6.07 Å². The molecule has 0 aliphatic rings. The first-order chi connectivity index (χ1) is 10.8. The minimum absolute atomic E-state index is 0.261. The van der Waals surface area contributed by atoms with Gasteiger partial charge in [0, 0.05) is 29.6 Å². The molecule has 2 heterocycles. The Kier molecular flexibility index (Phi) is 3.41. The maximum atomic E-state index is 6.04. The van der Waals surface area contributed by atoms with Crippen LogP contribution in [0.25, 0.3) is 21.1 Å². The van der Waals surface area contributed by atoms with Crippen molar-refractivity contribution in [2.24, 2.45) is 5.73 Å². The summed E-state index contributed by atoms with van der Waals surface area (Å²) in [5.41, 5.74) is 9.60. The van der Waals surface area contributed by atoms with Crippen molar-refractivity contribution in [3.05, 3.63) is 65.3 Å². The highest BCUT2D eigenvalue weighted by Gasteiger charge is 2.17. The predicted octanol–water partition coefficient (Wildman–Crippen LogP) is 4.06. The Morgan fingerprint density at radius 3 is 2.77 bits per heavy atom. The van der Waals surface area contributed by atoms with E-state index in [4.69, 9.17) is 10.7 Å². The number of hydrogen-bond acceptors (Lipinski definition) is 3. The Morgan fingerprint density at radius 1 is 1.09 bits per heavy atom. The molecule has 4 heteroatoms. The number of nitrogens with two attached hydrogens (primary N) is 1. The lowest BCUT2D eigenvalue weighted by molar-refractivity contribution is 0.693. The summed E-state index contributed by atoms with van der Waals surface area (Å²) in [6.07, 6.45) is 3.01. The van der Waals surface area contributed by atoms with Crippen molar-refractivity contribution < 1.29 is 0 Å². The number of nitrogens with zero attached hydrogens (tertiary/aromatic N) is 1. The average Bonchev–Trinajstić information content (AvgIpc) is 3.16. The molecule has 0 bridgehead atoms. The first kappa shape index (κ1) is 13.5. The van der Waals surface area contributed by atoms with Gasteiger partial charge >= 0.3 is 0 Å². The fraction of sp³-hybridized carbons (Fsp3) is 0.167. The third-order valence-corrected chi connectivity index (χ3v) is 5.28. The summed E-state index contributed by atoms with van der Waals surface area (Å²) in [5.74, 6) is 0.261. The Hall–Kier alpha value is -2.17. The Bertz CT molecular complexity index is 889. The number of fused-ring (bicyclic) bond motifs is 2. The molecule has 0 aliphatic carbocycles. The van der Waals surface area contributed by atoms with Crippen LogP contribution in [0.1, 0.15) is 16.5 Å². The SMILES string of the molecule is NCC(Cc1c[nH]c2ccccc12)c1nc2ccccc2s1. The first-order valence-electron chi connectivity index (χ1n) is 7.45. The third kappa shape index (κ3) is 2.30. The molecule has 1 atom stereocenters. The smallest absolute Gasteiger partial charge is 0.0985 e. The number of hydrogen-bond donors (Lipinski definition) is 2. The molecule has 22 heavy (non-hydrogen) atoms. The molecule has 0 radical (unpaired) electrons. The second kappa shape index (κ2) is 5.55. The van der Waals surface area contributed by atoms with E-state index in [9.17, 15) is 0 Å². The van der Waals surface area contributed by atoms with Crippen molar-refractivity contribution >= 4 is 32.5 Å². The molecule has 1 unspecified atom stereocenters. The van der Waals surface area contributed by atoms with Crippen molar-refractivity contribution in [1.29, 1.82) is 0 Å². The number of rotatable bonds is 4. The van der Waals surface area contributed by atoms with E-state index in [0.717, 1.165) is 16.9 Å². The van der Waals surface area contributed by atoms with Gasteiger partial charge in [0.25, 0.3) is 0 Å². The van der Waals surface area contributed by atoms with E-state index < -0.39 is 0 Å². The van der Waals surface area contributed by atoms with Crippen LogP contribution in [-0.4, -0.2) is 16.5 Å². The van der Waals surface area contributed by atoms with Gasteiger partial charge in [-0.25, -0.2) is 4.98 Å². The summed E-state index contributed by atoms with van der Waals surface area (Å²) in [4.78, 5) is 8.11. The molecule has 4 aromatic rings. The van der Waals surface area contributed by atoms with E-state index in [0.29, 0.717) is 6.54 Å². The van der Waals surface area contributed by atoms with Gasteiger partial charge in [0.1, 0.15) is 0 Å². The van der Waals surface area contributed by atoms with E-state index in [1.165, 1.54) is 21.2 Å². The van der Waals surface area contributed by atoms with Gasteiger partial charge in [-0.05, 0) is 30.2 Å². The second-order valence-corrected chi connectivity index (χ2v) is 6.58. The third-order valence-electron chi connectivity index (χ3n) is 4.09. The largest absolute Gasteiger partial charge is 0.361 e. The van der Waals surface area contributed by atoms with Crippen molar-refractivity contribution in [2.75, 3.05) is 6.54 Å². The van der Waals surface area contributed by atoms with Crippen LogP contribution < -0.4 is 5.73 Å². The number of benzene rings is 2. The van der Waals surface area contributed by atoms with Crippen LogP contribution in [0.2, 0.25) is 0 Å². The van der Waals surface area contributed by atoms with E-state index in [-0.39, 0.29) is 5.92 Å². The van der Waals surface area contributed by atoms with Gasteiger partial charge in [0.05, 0.1) is 15.2 Å². The normalized spacial score (nSPS) is 13.0. The highest BCUT2D eigenvalue weighted by Crippen LogP contribution is 2.30. The molecule has 2 aromatic heterocycles. The van der Waals surface area contributed by atoms with Crippen molar-refractivity contribution in [1.82, 2.24) is 9.97 Å². The summed E-state index contributed by atoms with van der Waals surface area (Å²) in [7, 11) is 0. The summed E-state index contributed by atoms with van der Waals surface area (Å²) < 4.78 is 1.23. The molecule has 2 aromatic carbocycles. The highest BCUT2D eigenvalue weighted by atomic mass is 32.1. The van der Waals surface area contributed by atoms with Gasteiger partial charge in [0.15, 0.2) is 0 Å². The van der Waals surface area contributed by atoms with Crippen LogP contribution in [-0.2, 0) is 6.42 Å². The van der Waals surface area contributed by atoms with E-state index in [2.05, 4.69) is 53.6 Å². The molecule has 3 nitrogen and oxygen atoms in total.